The van der Waals surface area contributed by atoms with Crippen molar-refractivity contribution >= 4 is 17.5 Å². The second-order valence-electron chi connectivity index (χ2n) is 5.45. The monoisotopic (exact) mass is 275 g/mol. The maximum Gasteiger partial charge on any atom is 0.251 e. The van der Waals surface area contributed by atoms with Crippen molar-refractivity contribution in [2.24, 2.45) is 11.7 Å². The van der Waals surface area contributed by atoms with Gasteiger partial charge in [0.1, 0.15) is 0 Å². The summed E-state index contributed by atoms with van der Waals surface area (Å²) in [5, 5.41) is 2.94. The predicted octanol–water partition coefficient (Wildman–Crippen LogP) is 1.35. The highest BCUT2D eigenvalue weighted by Crippen LogP contribution is 2.25. The van der Waals surface area contributed by atoms with Crippen molar-refractivity contribution < 1.29 is 9.59 Å². The molecule has 1 fully saturated rings. The molecular formula is C15H21N3O2. The Kier molecular flexibility index (Phi) is 4.27. The summed E-state index contributed by atoms with van der Waals surface area (Å²) < 4.78 is 0. The zero-order chi connectivity index (χ0) is 14.7. The number of nitrogens with two attached hydrogens (primary N) is 2. The van der Waals surface area contributed by atoms with Gasteiger partial charge in [0.05, 0.1) is 5.92 Å². The number of rotatable bonds is 3. The van der Waals surface area contributed by atoms with E-state index in [1.165, 1.54) is 0 Å². The summed E-state index contributed by atoms with van der Waals surface area (Å²) in [6, 6.07) is 5.07. The van der Waals surface area contributed by atoms with Gasteiger partial charge in [-0.05, 0) is 37.5 Å². The zero-order valence-corrected chi connectivity index (χ0v) is 11.7. The van der Waals surface area contributed by atoms with Crippen LogP contribution in [0.5, 0.6) is 0 Å². The van der Waals surface area contributed by atoms with Gasteiger partial charge in [0.2, 0.25) is 5.91 Å². The molecule has 2 rings (SSSR count). The van der Waals surface area contributed by atoms with Crippen LogP contribution >= 0.6 is 0 Å². The highest BCUT2D eigenvalue weighted by atomic mass is 16.2. The number of nitrogen functional groups attached to an aromatic ring is 1. The van der Waals surface area contributed by atoms with Crippen LogP contribution in [0.1, 0.15) is 41.6 Å². The molecule has 0 saturated heterocycles. The van der Waals surface area contributed by atoms with Crippen LogP contribution in [-0.4, -0.2) is 17.9 Å². The number of carbonyl (C=O) groups is 2. The minimum Gasteiger partial charge on any atom is -0.399 e. The van der Waals surface area contributed by atoms with Gasteiger partial charge >= 0.3 is 0 Å². The predicted molar refractivity (Wildman–Crippen MR) is 78.0 cm³/mol. The summed E-state index contributed by atoms with van der Waals surface area (Å²) >= 11 is 0. The molecule has 1 saturated carbocycles. The normalized spacial score (nSPS) is 22.2. The molecule has 0 bridgehead atoms. The third-order valence-corrected chi connectivity index (χ3v) is 3.95. The maximum atomic E-state index is 12.3. The van der Waals surface area contributed by atoms with Crippen molar-refractivity contribution in [2.75, 3.05) is 5.73 Å². The van der Waals surface area contributed by atoms with Gasteiger partial charge in [-0.3, -0.25) is 9.59 Å². The lowest BCUT2D eigenvalue weighted by atomic mass is 9.84. The van der Waals surface area contributed by atoms with Crippen molar-refractivity contribution in [3.63, 3.8) is 0 Å². The van der Waals surface area contributed by atoms with E-state index in [9.17, 15) is 9.59 Å². The Morgan fingerprint density at radius 2 is 1.95 bits per heavy atom. The third-order valence-electron chi connectivity index (χ3n) is 3.95. The lowest BCUT2D eigenvalue weighted by Crippen LogP contribution is -2.47. The number of benzene rings is 1. The Bertz CT molecular complexity index is 528. The first-order valence-corrected chi connectivity index (χ1v) is 6.95. The quantitative estimate of drug-likeness (QED) is 0.726. The Balaban J connectivity index is 2.13. The molecule has 1 aliphatic rings. The Hall–Kier alpha value is -2.04. The standard InChI is InChI=1S/C15H21N3O2/c1-9-6-7-10(16)8-12(9)15(20)18-13-5-3-2-4-11(13)14(17)19/h6-8,11,13H,2-5,16H2,1H3,(H2,17,19)(H,18,20). The highest BCUT2D eigenvalue weighted by molar-refractivity contribution is 5.97. The summed E-state index contributed by atoms with van der Waals surface area (Å²) in [7, 11) is 0. The summed E-state index contributed by atoms with van der Waals surface area (Å²) in [5.41, 5.74) is 13.1. The molecule has 2 atom stereocenters. The summed E-state index contributed by atoms with van der Waals surface area (Å²) in [6.45, 7) is 1.86. The van der Waals surface area contributed by atoms with Crippen molar-refractivity contribution in [3.8, 4) is 0 Å². The number of primary amides is 1. The van der Waals surface area contributed by atoms with Gasteiger partial charge in [-0.25, -0.2) is 0 Å². The van der Waals surface area contributed by atoms with Crippen molar-refractivity contribution in [1.82, 2.24) is 5.32 Å². The largest absolute Gasteiger partial charge is 0.399 e. The van der Waals surface area contributed by atoms with Crippen LogP contribution in [0.2, 0.25) is 0 Å². The van der Waals surface area contributed by atoms with Crippen molar-refractivity contribution in [1.29, 1.82) is 0 Å². The van der Waals surface area contributed by atoms with Gasteiger partial charge < -0.3 is 16.8 Å². The Labute approximate surface area is 118 Å². The number of nitrogens with one attached hydrogen (secondary N) is 1. The first-order chi connectivity index (χ1) is 9.49. The minimum absolute atomic E-state index is 0.172. The second-order valence-corrected chi connectivity index (χ2v) is 5.45. The summed E-state index contributed by atoms with van der Waals surface area (Å²) in [4.78, 5) is 23.8. The Morgan fingerprint density at radius 3 is 2.65 bits per heavy atom. The first-order valence-electron chi connectivity index (χ1n) is 6.95. The fourth-order valence-electron chi connectivity index (χ4n) is 2.77. The number of hydrogen-bond donors (Lipinski definition) is 3. The number of amides is 2. The molecule has 2 unspecified atom stereocenters. The van der Waals surface area contributed by atoms with E-state index in [4.69, 9.17) is 11.5 Å². The van der Waals surface area contributed by atoms with E-state index in [0.717, 1.165) is 31.2 Å². The molecule has 0 heterocycles. The molecule has 0 aromatic heterocycles. The third kappa shape index (κ3) is 3.10. The van der Waals surface area contributed by atoms with E-state index in [0.29, 0.717) is 11.3 Å². The summed E-state index contributed by atoms with van der Waals surface area (Å²) in [6.07, 6.45) is 3.53. The van der Waals surface area contributed by atoms with Crippen LogP contribution in [-0.2, 0) is 4.79 Å². The molecule has 2 amide bonds. The molecule has 1 aromatic carbocycles. The van der Waals surface area contributed by atoms with Crippen molar-refractivity contribution in [2.45, 2.75) is 38.6 Å². The number of anilines is 1. The lowest BCUT2D eigenvalue weighted by Gasteiger charge is -2.30. The molecular weight excluding hydrogens is 254 g/mol. The van der Waals surface area contributed by atoms with E-state index in [1.54, 1.807) is 12.1 Å². The molecule has 1 aromatic rings. The number of carbonyl (C=O) groups excluding carboxylic acids is 2. The highest BCUT2D eigenvalue weighted by Gasteiger charge is 2.30. The van der Waals surface area contributed by atoms with E-state index in [2.05, 4.69) is 5.32 Å². The molecule has 0 spiro atoms. The molecule has 5 nitrogen and oxygen atoms in total. The number of hydrogen-bond acceptors (Lipinski definition) is 3. The van der Waals surface area contributed by atoms with Crippen LogP contribution in [0.4, 0.5) is 5.69 Å². The fraction of sp³-hybridized carbons (Fsp3) is 0.467. The second kappa shape index (κ2) is 5.94. The van der Waals surface area contributed by atoms with Gasteiger partial charge in [-0.2, -0.15) is 0 Å². The van der Waals surface area contributed by atoms with E-state index in [1.807, 2.05) is 13.0 Å². The van der Waals surface area contributed by atoms with Crippen molar-refractivity contribution in [3.05, 3.63) is 29.3 Å². The topological polar surface area (TPSA) is 98.2 Å². The molecule has 0 radical (unpaired) electrons. The van der Waals surface area contributed by atoms with Crippen LogP contribution in [0.15, 0.2) is 18.2 Å². The van der Waals surface area contributed by atoms with Crippen LogP contribution in [0, 0.1) is 12.8 Å². The molecule has 1 aliphatic carbocycles. The average molecular weight is 275 g/mol. The smallest absolute Gasteiger partial charge is 0.251 e. The number of aryl methyl sites for hydroxylation is 1. The average Bonchev–Trinajstić information content (AvgIpc) is 2.41. The summed E-state index contributed by atoms with van der Waals surface area (Å²) in [5.74, 6) is -0.790. The molecule has 5 N–H and O–H groups in total. The van der Waals surface area contributed by atoms with Gasteiger partial charge in [-0.1, -0.05) is 18.9 Å². The van der Waals surface area contributed by atoms with E-state index in [-0.39, 0.29) is 23.8 Å². The van der Waals surface area contributed by atoms with Crippen LogP contribution in [0.25, 0.3) is 0 Å². The molecule has 0 aliphatic heterocycles. The van der Waals surface area contributed by atoms with Crippen LogP contribution < -0.4 is 16.8 Å². The molecule has 5 heteroatoms. The molecule has 20 heavy (non-hydrogen) atoms. The first kappa shape index (κ1) is 14.4. The van der Waals surface area contributed by atoms with E-state index >= 15 is 0 Å². The van der Waals surface area contributed by atoms with Gasteiger partial charge in [-0.15, -0.1) is 0 Å². The zero-order valence-electron chi connectivity index (χ0n) is 11.7. The Morgan fingerprint density at radius 1 is 1.25 bits per heavy atom. The van der Waals surface area contributed by atoms with Crippen LogP contribution in [0.3, 0.4) is 0 Å². The SMILES string of the molecule is Cc1ccc(N)cc1C(=O)NC1CCCCC1C(N)=O. The van der Waals surface area contributed by atoms with Gasteiger partial charge in [0.25, 0.3) is 5.91 Å². The molecule has 108 valence electrons. The maximum absolute atomic E-state index is 12.3. The lowest BCUT2D eigenvalue weighted by molar-refractivity contribution is -0.123. The fourth-order valence-corrected chi connectivity index (χ4v) is 2.77. The van der Waals surface area contributed by atoms with E-state index < -0.39 is 0 Å². The minimum atomic E-state index is -0.334. The van der Waals surface area contributed by atoms with Gasteiger partial charge in [0, 0.05) is 17.3 Å². The van der Waals surface area contributed by atoms with Gasteiger partial charge in [0.15, 0.2) is 0 Å².